The highest BCUT2D eigenvalue weighted by atomic mass is 35.5. The van der Waals surface area contributed by atoms with Gasteiger partial charge < -0.3 is 0 Å². The molecular weight excluding hydrogens is 280 g/mol. The first kappa shape index (κ1) is 13.8. The van der Waals surface area contributed by atoms with Crippen molar-refractivity contribution in [2.45, 2.75) is 17.2 Å². The summed E-state index contributed by atoms with van der Waals surface area (Å²) in [5.74, 6) is 0.0503. The fourth-order valence-electron chi connectivity index (χ4n) is 1.12. The van der Waals surface area contributed by atoms with Gasteiger partial charge in [0.25, 0.3) is 6.43 Å². The van der Waals surface area contributed by atoms with Crippen LogP contribution < -0.4 is 0 Å². The van der Waals surface area contributed by atoms with Crippen LogP contribution in [0.1, 0.15) is 4.88 Å². The molecule has 0 atom stereocenters. The molecule has 0 bridgehead atoms. The second-order valence-electron chi connectivity index (χ2n) is 3.02. The number of hydrogen-bond acceptors (Lipinski definition) is 3. The second kappa shape index (κ2) is 5.39. The van der Waals surface area contributed by atoms with E-state index in [1.807, 2.05) is 0 Å². The van der Waals surface area contributed by atoms with Crippen LogP contribution in [0.15, 0.2) is 16.3 Å². The van der Waals surface area contributed by atoms with Gasteiger partial charge in [0.05, 0.1) is 17.3 Å². The highest BCUT2D eigenvalue weighted by molar-refractivity contribution is 7.89. The van der Waals surface area contributed by atoms with Crippen LogP contribution in [0.25, 0.3) is 0 Å². The molecule has 0 radical (unpaired) electrons. The molecular formula is C8H10ClF2NO2S2. The SMILES string of the molecule is CN(CC(F)F)S(=O)(=O)c1ccsc1CCl. The van der Waals surface area contributed by atoms with Crippen molar-refractivity contribution in [1.29, 1.82) is 0 Å². The molecule has 0 aliphatic carbocycles. The summed E-state index contributed by atoms with van der Waals surface area (Å²) in [6.07, 6.45) is -2.70. The van der Waals surface area contributed by atoms with Crippen LogP contribution in [0.4, 0.5) is 8.78 Å². The summed E-state index contributed by atoms with van der Waals surface area (Å²) in [5, 5.41) is 1.57. The summed E-state index contributed by atoms with van der Waals surface area (Å²) in [5.41, 5.74) is 0. The molecule has 1 heterocycles. The summed E-state index contributed by atoms with van der Waals surface area (Å²) in [7, 11) is -2.73. The normalized spacial score (nSPS) is 12.6. The number of alkyl halides is 3. The zero-order valence-corrected chi connectivity index (χ0v) is 10.7. The smallest absolute Gasteiger partial charge is 0.209 e. The van der Waals surface area contributed by atoms with E-state index in [0.29, 0.717) is 9.18 Å². The number of halogens is 3. The molecule has 1 aromatic heterocycles. The molecule has 0 saturated heterocycles. The van der Waals surface area contributed by atoms with Crippen LogP contribution in [0.3, 0.4) is 0 Å². The van der Waals surface area contributed by atoms with Crippen LogP contribution >= 0.6 is 22.9 Å². The summed E-state index contributed by atoms with van der Waals surface area (Å²) in [6.45, 7) is -0.820. The Hall–Kier alpha value is -0.240. The molecule has 0 amide bonds. The van der Waals surface area contributed by atoms with Crippen LogP contribution in [-0.4, -0.2) is 32.7 Å². The number of hydrogen-bond donors (Lipinski definition) is 0. The molecule has 92 valence electrons. The molecule has 0 aromatic carbocycles. The van der Waals surface area contributed by atoms with Gasteiger partial charge in [-0.05, 0) is 11.4 Å². The van der Waals surface area contributed by atoms with Crippen LogP contribution in [0.2, 0.25) is 0 Å². The molecule has 0 N–H and O–H groups in total. The van der Waals surface area contributed by atoms with Gasteiger partial charge in [-0.2, -0.15) is 4.31 Å². The van der Waals surface area contributed by atoms with E-state index in [2.05, 4.69) is 0 Å². The van der Waals surface area contributed by atoms with Gasteiger partial charge in [0.1, 0.15) is 0 Å². The zero-order valence-electron chi connectivity index (χ0n) is 8.36. The molecule has 0 fully saturated rings. The minimum atomic E-state index is -3.85. The predicted octanol–water partition coefficient (Wildman–Crippen LogP) is 2.37. The van der Waals surface area contributed by atoms with Crippen molar-refractivity contribution in [2.24, 2.45) is 0 Å². The van der Waals surface area contributed by atoms with E-state index >= 15 is 0 Å². The van der Waals surface area contributed by atoms with Crippen LogP contribution in [-0.2, 0) is 15.9 Å². The molecule has 16 heavy (non-hydrogen) atoms. The maximum atomic E-state index is 12.1. The van der Waals surface area contributed by atoms with Crippen molar-refractivity contribution in [2.75, 3.05) is 13.6 Å². The Bertz CT molecular complexity index is 447. The Labute approximate surface area is 102 Å². The van der Waals surface area contributed by atoms with E-state index in [1.165, 1.54) is 17.4 Å². The lowest BCUT2D eigenvalue weighted by atomic mass is 10.5. The number of thiophene rings is 1. The Balaban J connectivity index is 3.02. The van der Waals surface area contributed by atoms with Crippen LogP contribution in [0, 0.1) is 0 Å². The summed E-state index contributed by atoms with van der Waals surface area (Å²) in [6, 6.07) is 1.37. The molecule has 3 nitrogen and oxygen atoms in total. The van der Waals surface area contributed by atoms with Crippen molar-refractivity contribution < 1.29 is 17.2 Å². The predicted molar refractivity (Wildman–Crippen MR) is 59.7 cm³/mol. The maximum Gasteiger partial charge on any atom is 0.252 e. The third-order valence-corrected chi connectivity index (χ3v) is 5.29. The molecule has 0 unspecified atom stereocenters. The van der Waals surface area contributed by atoms with Crippen LogP contribution in [0.5, 0.6) is 0 Å². The Morgan fingerprint density at radius 2 is 2.19 bits per heavy atom. The fraction of sp³-hybridized carbons (Fsp3) is 0.500. The maximum absolute atomic E-state index is 12.1. The average molecular weight is 290 g/mol. The van der Waals surface area contributed by atoms with Gasteiger partial charge >= 0.3 is 0 Å². The van der Waals surface area contributed by atoms with Gasteiger partial charge in [0.15, 0.2) is 0 Å². The topological polar surface area (TPSA) is 37.4 Å². The van der Waals surface area contributed by atoms with E-state index in [4.69, 9.17) is 11.6 Å². The summed E-state index contributed by atoms with van der Waals surface area (Å²) in [4.78, 5) is 0.471. The number of nitrogens with zero attached hydrogens (tertiary/aromatic N) is 1. The lowest BCUT2D eigenvalue weighted by molar-refractivity contribution is 0.126. The molecule has 0 aliphatic heterocycles. The van der Waals surface area contributed by atoms with E-state index < -0.39 is 23.0 Å². The van der Waals surface area contributed by atoms with E-state index in [9.17, 15) is 17.2 Å². The standard InChI is InChI=1S/C8H10ClF2NO2S2/c1-12(5-8(10)11)16(13,14)7-2-3-15-6(7)4-9/h2-3,8H,4-5H2,1H3. The molecule has 1 rings (SSSR count). The van der Waals surface area contributed by atoms with Gasteiger partial charge in [-0.1, -0.05) is 0 Å². The largest absolute Gasteiger partial charge is 0.252 e. The third kappa shape index (κ3) is 2.91. The summed E-state index contributed by atoms with van der Waals surface area (Å²) >= 11 is 6.76. The minimum absolute atomic E-state index is 0.00986. The fourth-order valence-corrected chi connectivity index (χ4v) is 3.94. The lowest BCUT2D eigenvalue weighted by Gasteiger charge is -2.16. The molecule has 0 spiro atoms. The number of rotatable bonds is 5. The Morgan fingerprint density at radius 1 is 1.56 bits per heavy atom. The van der Waals surface area contributed by atoms with Gasteiger partial charge in [-0.3, -0.25) is 0 Å². The first-order valence-corrected chi connectivity index (χ1v) is 7.12. The molecule has 1 aromatic rings. The highest BCUT2D eigenvalue weighted by Crippen LogP contribution is 2.26. The lowest BCUT2D eigenvalue weighted by Crippen LogP contribution is -2.31. The first-order chi connectivity index (χ1) is 7.39. The number of sulfonamides is 1. The molecule has 0 aliphatic rings. The molecule has 8 heteroatoms. The zero-order chi connectivity index (χ0) is 12.3. The first-order valence-electron chi connectivity index (χ1n) is 4.26. The Kier molecular flexibility index (Phi) is 4.66. The summed E-state index contributed by atoms with van der Waals surface area (Å²) < 4.78 is 48.6. The third-order valence-electron chi connectivity index (χ3n) is 1.91. The van der Waals surface area contributed by atoms with Crippen molar-refractivity contribution in [3.63, 3.8) is 0 Å². The van der Waals surface area contributed by atoms with E-state index in [-0.39, 0.29) is 10.8 Å². The van der Waals surface area contributed by atoms with Crippen molar-refractivity contribution >= 4 is 33.0 Å². The van der Waals surface area contributed by atoms with E-state index in [1.54, 1.807) is 5.38 Å². The quantitative estimate of drug-likeness (QED) is 0.781. The van der Waals surface area contributed by atoms with Crippen molar-refractivity contribution in [3.05, 3.63) is 16.3 Å². The average Bonchev–Trinajstić information content (AvgIpc) is 2.64. The van der Waals surface area contributed by atoms with Gasteiger partial charge in [-0.15, -0.1) is 22.9 Å². The van der Waals surface area contributed by atoms with Crippen molar-refractivity contribution in [1.82, 2.24) is 4.31 Å². The monoisotopic (exact) mass is 289 g/mol. The second-order valence-corrected chi connectivity index (χ2v) is 6.30. The van der Waals surface area contributed by atoms with Gasteiger partial charge in [-0.25, -0.2) is 17.2 Å². The van der Waals surface area contributed by atoms with Gasteiger partial charge in [0.2, 0.25) is 10.0 Å². The van der Waals surface area contributed by atoms with E-state index in [0.717, 1.165) is 7.05 Å². The van der Waals surface area contributed by atoms with Crippen molar-refractivity contribution in [3.8, 4) is 0 Å². The highest BCUT2D eigenvalue weighted by Gasteiger charge is 2.26. The minimum Gasteiger partial charge on any atom is -0.209 e. The van der Waals surface area contributed by atoms with Gasteiger partial charge in [0, 0.05) is 11.9 Å². The Morgan fingerprint density at radius 3 is 2.69 bits per heavy atom. The molecule has 0 saturated carbocycles.